The van der Waals surface area contributed by atoms with Crippen LogP contribution in [-0.4, -0.2) is 79.5 Å². The molecule has 0 aromatic heterocycles. The van der Waals surface area contributed by atoms with Crippen LogP contribution in [0, 0.1) is 0 Å². The minimum Gasteiger partial charge on any atom is -0.444 e. The molecule has 1 atom stereocenters. The molecule has 2 aliphatic heterocycles. The van der Waals surface area contributed by atoms with Crippen molar-refractivity contribution in [1.29, 1.82) is 0 Å². The molecule has 0 radical (unpaired) electrons. The number of carbonyl (C=O) groups is 3. The molecule has 2 heterocycles. The number of benzene rings is 1. The smallest absolute Gasteiger partial charge is 0.407 e. The molecular weight excluding hydrogens is 412 g/mol. The zero-order chi connectivity index (χ0) is 23.1. The largest absolute Gasteiger partial charge is 0.444 e. The van der Waals surface area contributed by atoms with E-state index in [1.807, 2.05) is 45.0 Å². The number of anilines is 1. The van der Waals surface area contributed by atoms with E-state index in [9.17, 15) is 14.4 Å². The fraction of sp³-hybridized carbons (Fsp3) is 0.609. The Morgan fingerprint density at radius 3 is 2.50 bits per heavy atom. The number of morpholine rings is 1. The van der Waals surface area contributed by atoms with Crippen molar-refractivity contribution in [2.75, 3.05) is 44.3 Å². The average Bonchev–Trinajstić information content (AvgIpc) is 3.23. The first-order chi connectivity index (χ1) is 15.3. The Morgan fingerprint density at radius 1 is 1.19 bits per heavy atom. The van der Waals surface area contributed by atoms with Crippen LogP contribution >= 0.6 is 0 Å². The average molecular weight is 447 g/mol. The first-order valence-electron chi connectivity index (χ1n) is 11.2. The first kappa shape index (κ1) is 23.8. The third kappa shape index (κ3) is 6.35. The lowest BCUT2D eigenvalue weighted by molar-refractivity contribution is -0.108. The van der Waals surface area contributed by atoms with Crippen LogP contribution in [0.1, 0.15) is 39.2 Å². The number of ether oxygens (including phenoxy) is 2. The zero-order valence-corrected chi connectivity index (χ0v) is 19.2. The molecule has 4 amide bonds. The molecule has 0 bridgehead atoms. The van der Waals surface area contributed by atoms with Gasteiger partial charge in [0, 0.05) is 31.9 Å². The van der Waals surface area contributed by atoms with Crippen molar-refractivity contribution in [3.8, 4) is 0 Å². The van der Waals surface area contributed by atoms with Crippen molar-refractivity contribution >= 4 is 24.2 Å². The summed E-state index contributed by atoms with van der Waals surface area (Å²) < 4.78 is 10.6. The van der Waals surface area contributed by atoms with Crippen molar-refractivity contribution in [3.05, 3.63) is 29.8 Å². The van der Waals surface area contributed by atoms with Gasteiger partial charge in [-0.25, -0.2) is 9.59 Å². The highest BCUT2D eigenvalue weighted by Gasteiger charge is 2.36. The Hall–Kier alpha value is -2.81. The highest BCUT2D eigenvalue weighted by Crippen LogP contribution is 2.27. The molecule has 9 heteroatoms. The molecule has 2 fully saturated rings. The molecule has 0 saturated carbocycles. The van der Waals surface area contributed by atoms with Gasteiger partial charge in [-0.15, -0.1) is 0 Å². The van der Waals surface area contributed by atoms with Gasteiger partial charge in [-0.05, 0) is 57.7 Å². The van der Waals surface area contributed by atoms with Crippen LogP contribution in [0.3, 0.4) is 0 Å². The van der Waals surface area contributed by atoms with Gasteiger partial charge in [-0.3, -0.25) is 9.69 Å². The Morgan fingerprint density at radius 2 is 1.88 bits per heavy atom. The van der Waals surface area contributed by atoms with E-state index in [-0.39, 0.29) is 12.2 Å². The van der Waals surface area contributed by atoms with Gasteiger partial charge in [0.1, 0.15) is 11.8 Å². The van der Waals surface area contributed by atoms with Gasteiger partial charge in [-0.2, -0.15) is 0 Å². The molecule has 1 aromatic rings. The third-order valence-electron chi connectivity index (χ3n) is 5.50. The van der Waals surface area contributed by atoms with Crippen molar-refractivity contribution in [1.82, 2.24) is 15.1 Å². The van der Waals surface area contributed by atoms with E-state index in [0.29, 0.717) is 45.8 Å². The summed E-state index contributed by atoms with van der Waals surface area (Å²) >= 11 is 0. The van der Waals surface area contributed by atoms with E-state index in [0.717, 1.165) is 30.5 Å². The Balaban J connectivity index is 1.58. The number of hydrogen-bond donors (Lipinski definition) is 1. The summed E-state index contributed by atoms with van der Waals surface area (Å²) in [5, 5.41) is 2.74. The molecule has 0 aliphatic carbocycles. The number of nitrogens with one attached hydrogen (secondary N) is 1. The summed E-state index contributed by atoms with van der Waals surface area (Å²) in [6, 6.07) is 7.60. The summed E-state index contributed by atoms with van der Waals surface area (Å²) in [4.78, 5) is 41.9. The van der Waals surface area contributed by atoms with Gasteiger partial charge in [-0.1, -0.05) is 12.1 Å². The minimum absolute atomic E-state index is 0.0347. The van der Waals surface area contributed by atoms with E-state index in [1.165, 1.54) is 0 Å². The van der Waals surface area contributed by atoms with E-state index >= 15 is 0 Å². The number of amides is 4. The summed E-state index contributed by atoms with van der Waals surface area (Å²) in [5.41, 5.74) is 1.25. The van der Waals surface area contributed by atoms with Crippen molar-refractivity contribution in [3.63, 3.8) is 0 Å². The lowest BCUT2D eigenvalue weighted by Crippen LogP contribution is -2.54. The van der Waals surface area contributed by atoms with E-state index < -0.39 is 11.7 Å². The predicted molar refractivity (Wildman–Crippen MR) is 120 cm³/mol. The SMILES string of the molecule is CC(C)(C)OC(=O)NCCc1ccc(N(C=O)[C@@H]2CCCN2C(=O)N2CCOCC2)cc1. The summed E-state index contributed by atoms with van der Waals surface area (Å²) in [5.74, 6) is 0. The van der Waals surface area contributed by atoms with Gasteiger partial charge in [0.15, 0.2) is 0 Å². The fourth-order valence-electron chi connectivity index (χ4n) is 3.96. The molecule has 32 heavy (non-hydrogen) atoms. The van der Waals surface area contributed by atoms with Crippen LogP contribution in [0.4, 0.5) is 15.3 Å². The van der Waals surface area contributed by atoms with Crippen molar-refractivity contribution in [2.45, 2.75) is 51.8 Å². The van der Waals surface area contributed by atoms with Crippen LogP contribution in [0.5, 0.6) is 0 Å². The lowest BCUT2D eigenvalue weighted by Gasteiger charge is -2.37. The molecule has 0 spiro atoms. The second-order valence-electron chi connectivity index (χ2n) is 9.06. The molecule has 2 aliphatic rings. The monoisotopic (exact) mass is 446 g/mol. The van der Waals surface area contributed by atoms with E-state index in [1.54, 1.807) is 14.7 Å². The highest BCUT2D eigenvalue weighted by molar-refractivity contribution is 5.80. The molecule has 3 rings (SSSR count). The van der Waals surface area contributed by atoms with Crippen LogP contribution in [0.15, 0.2) is 24.3 Å². The molecule has 0 unspecified atom stereocenters. The Labute approximate surface area is 189 Å². The maximum absolute atomic E-state index is 13.0. The van der Waals surface area contributed by atoms with Crippen LogP contribution < -0.4 is 10.2 Å². The summed E-state index contributed by atoms with van der Waals surface area (Å²) in [6.45, 7) is 8.82. The standard InChI is InChI=1S/C23H34N4O5/c1-23(2,3)32-21(29)24-11-10-18-6-8-19(9-7-18)27(17-28)20-5-4-12-26(20)22(30)25-13-15-31-16-14-25/h6-9,17,20H,4-5,10-16H2,1-3H3,(H,24,29)/t20-/m1/s1. The minimum atomic E-state index is -0.526. The quantitative estimate of drug-likeness (QED) is 0.679. The number of nitrogens with zero attached hydrogens (tertiary/aromatic N) is 3. The van der Waals surface area contributed by atoms with Gasteiger partial charge >= 0.3 is 12.1 Å². The maximum atomic E-state index is 13.0. The number of alkyl carbamates (subject to hydrolysis) is 1. The number of likely N-dealkylation sites (tertiary alicyclic amines) is 1. The number of rotatable bonds is 6. The third-order valence-corrected chi connectivity index (χ3v) is 5.50. The maximum Gasteiger partial charge on any atom is 0.407 e. The lowest BCUT2D eigenvalue weighted by atomic mass is 10.1. The van der Waals surface area contributed by atoms with E-state index in [2.05, 4.69) is 5.32 Å². The molecule has 1 aromatic carbocycles. The van der Waals surface area contributed by atoms with Crippen LogP contribution in [0.25, 0.3) is 0 Å². The summed E-state index contributed by atoms with van der Waals surface area (Å²) in [6.07, 6.45) is 2.32. The van der Waals surface area contributed by atoms with Gasteiger partial charge in [0.25, 0.3) is 0 Å². The number of carbonyl (C=O) groups excluding carboxylic acids is 3. The highest BCUT2D eigenvalue weighted by atomic mass is 16.6. The number of hydrogen-bond acceptors (Lipinski definition) is 5. The molecule has 1 N–H and O–H groups in total. The second kappa shape index (κ2) is 10.7. The first-order valence-corrected chi connectivity index (χ1v) is 11.2. The normalized spacial score (nSPS) is 18.9. The molecular formula is C23H34N4O5. The second-order valence-corrected chi connectivity index (χ2v) is 9.06. The van der Waals surface area contributed by atoms with Crippen LogP contribution in [0.2, 0.25) is 0 Å². The molecule has 9 nitrogen and oxygen atoms in total. The predicted octanol–water partition coefficient (Wildman–Crippen LogP) is 2.59. The van der Waals surface area contributed by atoms with Gasteiger partial charge < -0.3 is 24.6 Å². The van der Waals surface area contributed by atoms with E-state index in [4.69, 9.17) is 9.47 Å². The Bertz CT molecular complexity index is 787. The fourth-order valence-corrected chi connectivity index (χ4v) is 3.96. The zero-order valence-electron chi connectivity index (χ0n) is 19.2. The topological polar surface area (TPSA) is 91.4 Å². The molecule has 176 valence electrons. The molecule has 2 saturated heterocycles. The van der Waals surface area contributed by atoms with Crippen LogP contribution in [-0.2, 0) is 20.7 Å². The van der Waals surface area contributed by atoms with Crippen molar-refractivity contribution in [2.24, 2.45) is 0 Å². The van der Waals surface area contributed by atoms with Gasteiger partial charge in [0.2, 0.25) is 6.41 Å². The summed E-state index contributed by atoms with van der Waals surface area (Å²) in [7, 11) is 0. The van der Waals surface area contributed by atoms with Gasteiger partial charge in [0.05, 0.1) is 13.2 Å². The Kier molecular flexibility index (Phi) is 7.95. The van der Waals surface area contributed by atoms with Crippen molar-refractivity contribution < 1.29 is 23.9 Å². The number of urea groups is 1.